The second kappa shape index (κ2) is 8.84. The summed E-state index contributed by atoms with van der Waals surface area (Å²) in [4.78, 5) is 0. The van der Waals surface area contributed by atoms with Gasteiger partial charge in [-0.3, -0.25) is 0 Å². The minimum absolute atomic E-state index is 0. The van der Waals surface area contributed by atoms with Crippen LogP contribution in [0.1, 0.15) is 13.3 Å². The SMILES string of the molecule is C=CCC.[Zn]. The molecule has 0 spiro atoms. The van der Waals surface area contributed by atoms with Crippen molar-refractivity contribution >= 4 is 0 Å². The predicted octanol–water partition coefficient (Wildman–Crippen LogP) is 1.58. The summed E-state index contributed by atoms with van der Waals surface area (Å²) in [6.07, 6.45) is 2.96. The smallest absolute Gasteiger partial charge is 0 e. The van der Waals surface area contributed by atoms with E-state index in [9.17, 15) is 0 Å². The molecule has 0 aromatic carbocycles. The molecule has 0 heterocycles. The van der Waals surface area contributed by atoms with Gasteiger partial charge in [-0.2, -0.15) is 0 Å². The first-order valence-corrected chi connectivity index (χ1v) is 1.52. The molecule has 26 valence electrons. The van der Waals surface area contributed by atoms with E-state index in [0.29, 0.717) is 0 Å². The fourth-order valence-electron chi connectivity index (χ4n) is 0. The molecule has 0 nitrogen and oxygen atoms in total. The number of hydrogen-bond donors (Lipinski definition) is 0. The molecule has 0 aliphatic carbocycles. The van der Waals surface area contributed by atoms with Crippen LogP contribution in [-0.4, -0.2) is 0 Å². The van der Waals surface area contributed by atoms with Gasteiger partial charge in [-0.1, -0.05) is 13.0 Å². The Morgan fingerprint density at radius 2 is 2.00 bits per heavy atom. The Labute approximate surface area is 46.0 Å². The Hall–Kier alpha value is 0.363. The van der Waals surface area contributed by atoms with Crippen molar-refractivity contribution in [2.75, 3.05) is 0 Å². The van der Waals surface area contributed by atoms with Gasteiger partial charge in [0, 0.05) is 19.5 Å². The molecule has 0 aromatic rings. The van der Waals surface area contributed by atoms with Crippen LogP contribution in [0.5, 0.6) is 0 Å². The summed E-state index contributed by atoms with van der Waals surface area (Å²) in [6, 6.07) is 0. The second-order valence-electron chi connectivity index (χ2n) is 0.697. The van der Waals surface area contributed by atoms with E-state index in [1.165, 1.54) is 0 Å². The van der Waals surface area contributed by atoms with Crippen molar-refractivity contribution in [1.29, 1.82) is 0 Å². The van der Waals surface area contributed by atoms with Crippen LogP contribution >= 0.6 is 0 Å². The van der Waals surface area contributed by atoms with Crippen molar-refractivity contribution in [2.45, 2.75) is 13.3 Å². The molecule has 5 heavy (non-hydrogen) atoms. The van der Waals surface area contributed by atoms with Crippen LogP contribution in [0.2, 0.25) is 0 Å². The van der Waals surface area contributed by atoms with Gasteiger partial charge in [-0.05, 0) is 6.42 Å². The van der Waals surface area contributed by atoms with Crippen molar-refractivity contribution in [1.82, 2.24) is 0 Å². The number of allylic oxidation sites excluding steroid dienone is 1. The summed E-state index contributed by atoms with van der Waals surface area (Å²) in [5.74, 6) is 0. The molecule has 0 saturated carbocycles. The zero-order chi connectivity index (χ0) is 3.41. The van der Waals surface area contributed by atoms with E-state index in [1.54, 1.807) is 0 Å². The first-order valence-electron chi connectivity index (χ1n) is 1.52. The Morgan fingerprint density at radius 3 is 2.00 bits per heavy atom. The average molecular weight is 121 g/mol. The number of hydrogen-bond acceptors (Lipinski definition) is 0. The van der Waals surface area contributed by atoms with Crippen molar-refractivity contribution in [3.8, 4) is 0 Å². The Bertz CT molecular complexity index is 17.6. The molecule has 0 aliphatic heterocycles. The summed E-state index contributed by atoms with van der Waals surface area (Å²) in [6.45, 7) is 5.54. The Morgan fingerprint density at radius 1 is 1.80 bits per heavy atom. The third kappa shape index (κ3) is 13.1. The molecule has 0 radical (unpaired) electrons. The van der Waals surface area contributed by atoms with Gasteiger partial charge in [0.15, 0.2) is 0 Å². The van der Waals surface area contributed by atoms with Crippen molar-refractivity contribution in [3.05, 3.63) is 12.7 Å². The van der Waals surface area contributed by atoms with Crippen LogP contribution in [0.25, 0.3) is 0 Å². The summed E-state index contributed by atoms with van der Waals surface area (Å²) < 4.78 is 0. The number of rotatable bonds is 1. The van der Waals surface area contributed by atoms with Crippen LogP contribution in [0.3, 0.4) is 0 Å². The van der Waals surface area contributed by atoms with E-state index in [4.69, 9.17) is 0 Å². The topological polar surface area (TPSA) is 0 Å². The molecular formula is C4H8Zn. The summed E-state index contributed by atoms with van der Waals surface area (Å²) in [7, 11) is 0. The van der Waals surface area contributed by atoms with E-state index in [0.717, 1.165) is 6.42 Å². The predicted molar refractivity (Wildman–Crippen MR) is 20.5 cm³/mol. The van der Waals surface area contributed by atoms with Crippen LogP contribution < -0.4 is 0 Å². The largest absolute Gasteiger partial charge is 0.103 e. The summed E-state index contributed by atoms with van der Waals surface area (Å²) >= 11 is 0. The molecular weight excluding hydrogens is 113 g/mol. The van der Waals surface area contributed by atoms with E-state index >= 15 is 0 Å². The molecule has 0 aliphatic rings. The van der Waals surface area contributed by atoms with Crippen LogP contribution in [-0.2, 0) is 19.5 Å². The van der Waals surface area contributed by atoms with E-state index < -0.39 is 0 Å². The van der Waals surface area contributed by atoms with Gasteiger partial charge in [0.05, 0.1) is 0 Å². The quantitative estimate of drug-likeness (QED) is 0.365. The normalized spacial score (nSPS) is 5.00. The van der Waals surface area contributed by atoms with E-state index in [2.05, 4.69) is 13.5 Å². The maximum absolute atomic E-state index is 3.48. The molecule has 0 rings (SSSR count). The van der Waals surface area contributed by atoms with E-state index in [-0.39, 0.29) is 19.5 Å². The molecule has 0 N–H and O–H groups in total. The monoisotopic (exact) mass is 120 g/mol. The third-order valence-corrected chi connectivity index (χ3v) is 0.289. The molecule has 0 fully saturated rings. The first-order chi connectivity index (χ1) is 1.91. The van der Waals surface area contributed by atoms with Gasteiger partial charge in [0.25, 0.3) is 0 Å². The van der Waals surface area contributed by atoms with Gasteiger partial charge >= 0.3 is 0 Å². The van der Waals surface area contributed by atoms with Gasteiger partial charge in [-0.25, -0.2) is 0 Å². The third-order valence-electron chi connectivity index (χ3n) is 0.289. The minimum Gasteiger partial charge on any atom is -0.103 e. The Balaban J connectivity index is 0. The van der Waals surface area contributed by atoms with Crippen molar-refractivity contribution in [3.63, 3.8) is 0 Å². The standard InChI is InChI=1S/C4H8.Zn/c1-3-4-2;/h3H,1,4H2,2H3;. The maximum atomic E-state index is 3.48. The molecule has 1 heteroatoms. The zero-order valence-electron chi connectivity index (χ0n) is 3.70. The molecule has 0 saturated heterocycles. The molecule has 0 bridgehead atoms. The van der Waals surface area contributed by atoms with Crippen molar-refractivity contribution < 1.29 is 19.5 Å². The first kappa shape index (κ1) is 9.03. The molecule has 0 unspecified atom stereocenters. The van der Waals surface area contributed by atoms with Gasteiger partial charge in [0.1, 0.15) is 0 Å². The van der Waals surface area contributed by atoms with Gasteiger partial charge < -0.3 is 0 Å². The molecule has 0 atom stereocenters. The molecule has 0 aromatic heterocycles. The fraction of sp³-hybridized carbons (Fsp3) is 0.500. The maximum Gasteiger partial charge on any atom is 0 e. The summed E-state index contributed by atoms with van der Waals surface area (Å²) in [5, 5.41) is 0. The van der Waals surface area contributed by atoms with Gasteiger partial charge in [0.2, 0.25) is 0 Å². The average Bonchev–Trinajstić information content (AvgIpc) is 1.37. The van der Waals surface area contributed by atoms with Crippen LogP contribution in [0.4, 0.5) is 0 Å². The summed E-state index contributed by atoms with van der Waals surface area (Å²) in [5.41, 5.74) is 0. The second-order valence-corrected chi connectivity index (χ2v) is 0.697. The van der Waals surface area contributed by atoms with Crippen LogP contribution in [0, 0.1) is 0 Å². The zero-order valence-corrected chi connectivity index (χ0v) is 6.67. The van der Waals surface area contributed by atoms with Crippen molar-refractivity contribution in [2.24, 2.45) is 0 Å². The van der Waals surface area contributed by atoms with Crippen LogP contribution in [0.15, 0.2) is 12.7 Å². The van der Waals surface area contributed by atoms with Gasteiger partial charge in [-0.15, -0.1) is 6.58 Å². The Kier molecular flexibility index (Phi) is 16.0. The minimum atomic E-state index is 0. The molecule has 0 amide bonds. The van der Waals surface area contributed by atoms with E-state index in [1.807, 2.05) is 6.08 Å². The fourth-order valence-corrected chi connectivity index (χ4v) is 0.